The summed E-state index contributed by atoms with van der Waals surface area (Å²) in [6, 6.07) is 7.65. The Morgan fingerprint density at radius 3 is 2.49 bits per heavy atom. The largest absolute Gasteiger partial charge is 0.497 e. The van der Waals surface area contributed by atoms with Gasteiger partial charge in [-0.3, -0.25) is 0 Å². The third-order valence-corrected chi connectivity index (χ3v) is 8.45. The molecule has 0 fully saturated rings. The van der Waals surface area contributed by atoms with Crippen molar-refractivity contribution in [3.05, 3.63) is 41.5 Å². The number of hydrogen-bond acceptors (Lipinski definition) is 6. The Morgan fingerprint density at radius 2 is 1.84 bits per heavy atom. The van der Waals surface area contributed by atoms with E-state index >= 15 is 0 Å². The molecule has 37 heavy (non-hydrogen) atoms. The highest BCUT2D eigenvalue weighted by Crippen LogP contribution is 2.45. The first-order valence-electron chi connectivity index (χ1n) is 12.9. The standard InChI is InChI=1S/C28H41N3O5S/c1-8-9-10-11-14-31-24-15-19(2)23(17-22(24)20(3)18-28(31,4)5)29-27(32)30-37(33,34)26-16-21(35-6)12-13-25(26)36-7/h12-13,15-17,20H,8-11,14,18H2,1-7H3,(H2,29,30,32). The third-order valence-electron chi connectivity index (χ3n) is 7.10. The highest BCUT2D eigenvalue weighted by Gasteiger charge is 2.36. The number of unbranched alkanes of at least 4 members (excludes halogenated alkanes) is 3. The number of hydrogen-bond donors (Lipinski definition) is 2. The number of benzene rings is 2. The molecule has 1 aliphatic heterocycles. The van der Waals surface area contributed by atoms with E-state index in [-0.39, 0.29) is 16.2 Å². The lowest BCUT2D eigenvalue weighted by molar-refractivity contribution is 0.256. The fourth-order valence-corrected chi connectivity index (χ4v) is 6.30. The molecule has 0 bridgehead atoms. The summed E-state index contributed by atoms with van der Waals surface area (Å²) in [6.45, 7) is 11.9. The molecule has 1 atom stereocenters. The van der Waals surface area contributed by atoms with E-state index in [1.54, 1.807) is 6.07 Å². The highest BCUT2D eigenvalue weighted by atomic mass is 32.2. The lowest BCUT2D eigenvalue weighted by Crippen LogP contribution is -2.48. The van der Waals surface area contributed by atoms with Crippen molar-refractivity contribution >= 4 is 27.4 Å². The molecule has 2 N–H and O–H groups in total. The maximum absolute atomic E-state index is 13.0. The number of carbonyl (C=O) groups is 1. The average molecular weight is 532 g/mol. The maximum atomic E-state index is 13.0. The van der Waals surface area contributed by atoms with Crippen LogP contribution < -0.4 is 24.4 Å². The van der Waals surface area contributed by atoms with Crippen molar-refractivity contribution in [1.29, 1.82) is 0 Å². The van der Waals surface area contributed by atoms with Crippen molar-refractivity contribution in [1.82, 2.24) is 4.72 Å². The molecule has 3 rings (SSSR count). The van der Waals surface area contributed by atoms with Gasteiger partial charge in [-0.25, -0.2) is 17.9 Å². The number of methoxy groups -OCH3 is 2. The number of amides is 2. The van der Waals surface area contributed by atoms with Gasteiger partial charge in [-0.2, -0.15) is 0 Å². The summed E-state index contributed by atoms with van der Waals surface area (Å²) >= 11 is 0. The van der Waals surface area contributed by atoms with Gasteiger partial charge in [0.2, 0.25) is 0 Å². The summed E-state index contributed by atoms with van der Waals surface area (Å²) < 4.78 is 38.4. The SMILES string of the molecule is CCCCCCN1c2cc(C)c(NC(=O)NS(=O)(=O)c3cc(OC)ccc3OC)cc2C(C)CC1(C)C. The van der Waals surface area contributed by atoms with Crippen molar-refractivity contribution in [3.8, 4) is 11.5 Å². The minimum Gasteiger partial charge on any atom is -0.497 e. The van der Waals surface area contributed by atoms with E-state index in [0.717, 1.165) is 30.5 Å². The molecule has 0 radical (unpaired) electrons. The molecule has 1 heterocycles. The number of urea groups is 1. The summed E-state index contributed by atoms with van der Waals surface area (Å²) in [5.41, 5.74) is 3.84. The van der Waals surface area contributed by atoms with Crippen LogP contribution in [-0.2, 0) is 10.0 Å². The van der Waals surface area contributed by atoms with Crippen LogP contribution in [0.25, 0.3) is 0 Å². The van der Waals surface area contributed by atoms with Gasteiger partial charge in [-0.05, 0) is 74.9 Å². The first-order valence-corrected chi connectivity index (χ1v) is 14.4. The van der Waals surface area contributed by atoms with Crippen molar-refractivity contribution in [2.75, 3.05) is 31.0 Å². The number of aryl methyl sites for hydroxylation is 1. The number of carbonyl (C=O) groups excluding carboxylic acids is 1. The van der Waals surface area contributed by atoms with E-state index in [1.165, 1.54) is 51.3 Å². The van der Waals surface area contributed by atoms with E-state index in [2.05, 4.69) is 48.7 Å². The zero-order valence-corrected chi connectivity index (χ0v) is 23.9. The van der Waals surface area contributed by atoms with Gasteiger partial charge in [0.15, 0.2) is 0 Å². The molecule has 2 aromatic rings. The van der Waals surface area contributed by atoms with Gasteiger partial charge in [0.05, 0.1) is 14.2 Å². The number of ether oxygens (including phenoxy) is 2. The predicted molar refractivity (Wildman–Crippen MR) is 149 cm³/mol. The predicted octanol–water partition coefficient (Wildman–Crippen LogP) is 6.20. The van der Waals surface area contributed by atoms with E-state index in [4.69, 9.17) is 9.47 Å². The quantitative estimate of drug-likeness (QED) is 0.355. The summed E-state index contributed by atoms with van der Waals surface area (Å²) in [6.07, 6.45) is 5.77. The van der Waals surface area contributed by atoms with Gasteiger partial charge in [-0.15, -0.1) is 0 Å². The third kappa shape index (κ3) is 6.50. The second-order valence-corrected chi connectivity index (χ2v) is 12.1. The van der Waals surface area contributed by atoms with Gasteiger partial charge in [0.1, 0.15) is 16.4 Å². The zero-order chi connectivity index (χ0) is 27.4. The van der Waals surface area contributed by atoms with Crippen LogP contribution in [0.2, 0.25) is 0 Å². The van der Waals surface area contributed by atoms with Gasteiger partial charge in [0, 0.05) is 29.5 Å². The minimum absolute atomic E-state index is 0.0290. The fourth-order valence-electron chi connectivity index (χ4n) is 5.21. The number of sulfonamides is 1. The molecule has 0 aromatic heterocycles. The first kappa shape index (κ1) is 28.6. The van der Waals surface area contributed by atoms with Crippen molar-refractivity contribution in [3.63, 3.8) is 0 Å². The molecule has 8 nitrogen and oxygen atoms in total. The number of nitrogens with zero attached hydrogens (tertiary/aromatic N) is 1. The maximum Gasteiger partial charge on any atom is 0.333 e. The topological polar surface area (TPSA) is 97.0 Å². The van der Waals surface area contributed by atoms with Gasteiger partial charge in [0.25, 0.3) is 10.0 Å². The Labute approximate surface area is 221 Å². The van der Waals surface area contributed by atoms with Crippen LogP contribution >= 0.6 is 0 Å². The molecule has 0 spiro atoms. The van der Waals surface area contributed by atoms with E-state index in [0.29, 0.717) is 17.4 Å². The van der Waals surface area contributed by atoms with Crippen molar-refractivity contribution in [2.24, 2.45) is 0 Å². The number of anilines is 2. The lowest BCUT2D eigenvalue weighted by Gasteiger charge is -2.48. The smallest absolute Gasteiger partial charge is 0.333 e. The molecule has 1 unspecified atom stereocenters. The Hall–Kier alpha value is -2.94. The second kappa shape index (κ2) is 11.6. The Bertz CT molecular complexity index is 1230. The molecule has 0 saturated carbocycles. The average Bonchev–Trinajstić information content (AvgIpc) is 2.83. The first-order chi connectivity index (χ1) is 17.4. The van der Waals surface area contributed by atoms with Gasteiger partial charge >= 0.3 is 6.03 Å². The van der Waals surface area contributed by atoms with E-state index < -0.39 is 16.1 Å². The molecule has 2 amide bonds. The van der Waals surface area contributed by atoms with Crippen LogP contribution in [0.15, 0.2) is 35.2 Å². The molecular formula is C28H41N3O5S. The number of fused-ring (bicyclic) bond motifs is 1. The van der Waals surface area contributed by atoms with Crippen LogP contribution in [0.5, 0.6) is 11.5 Å². The monoisotopic (exact) mass is 531 g/mol. The normalized spacial score (nSPS) is 16.6. The van der Waals surface area contributed by atoms with E-state index in [1.807, 2.05) is 13.0 Å². The number of rotatable bonds is 10. The van der Waals surface area contributed by atoms with Crippen LogP contribution in [0.3, 0.4) is 0 Å². The second-order valence-electron chi connectivity index (χ2n) is 10.4. The van der Waals surface area contributed by atoms with Crippen LogP contribution in [0.4, 0.5) is 16.2 Å². The Morgan fingerprint density at radius 1 is 1.11 bits per heavy atom. The van der Waals surface area contributed by atoms with Crippen molar-refractivity contribution in [2.45, 2.75) is 83.1 Å². The van der Waals surface area contributed by atoms with E-state index in [9.17, 15) is 13.2 Å². The summed E-state index contributed by atoms with van der Waals surface area (Å²) in [4.78, 5) is 15.2. The molecule has 2 aromatic carbocycles. The number of nitrogens with one attached hydrogen (secondary N) is 2. The Balaban J connectivity index is 1.84. The van der Waals surface area contributed by atoms with Crippen LogP contribution in [0, 0.1) is 6.92 Å². The summed E-state index contributed by atoms with van der Waals surface area (Å²) in [7, 11) is -1.41. The van der Waals surface area contributed by atoms with Crippen molar-refractivity contribution < 1.29 is 22.7 Å². The van der Waals surface area contributed by atoms with Gasteiger partial charge < -0.3 is 19.7 Å². The zero-order valence-electron chi connectivity index (χ0n) is 23.1. The molecule has 204 valence electrons. The summed E-state index contributed by atoms with van der Waals surface area (Å²) in [5.74, 6) is 0.746. The van der Waals surface area contributed by atoms with Crippen LogP contribution in [0.1, 0.15) is 76.8 Å². The molecule has 9 heteroatoms. The molecular weight excluding hydrogens is 490 g/mol. The fraction of sp³-hybridized carbons (Fsp3) is 0.536. The van der Waals surface area contributed by atoms with Crippen LogP contribution in [-0.4, -0.2) is 40.8 Å². The summed E-state index contributed by atoms with van der Waals surface area (Å²) in [5, 5.41) is 2.75. The Kier molecular flexibility index (Phi) is 9.00. The van der Waals surface area contributed by atoms with Gasteiger partial charge in [-0.1, -0.05) is 33.1 Å². The molecule has 0 saturated heterocycles. The minimum atomic E-state index is -4.21. The highest BCUT2D eigenvalue weighted by molar-refractivity contribution is 7.90. The molecule has 0 aliphatic carbocycles. The molecule has 1 aliphatic rings. The lowest BCUT2D eigenvalue weighted by atomic mass is 9.79.